The van der Waals surface area contributed by atoms with E-state index in [0.29, 0.717) is 12.2 Å². The van der Waals surface area contributed by atoms with Gasteiger partial charge < -0.3 is 10.7 Å². The number of nitrogens with two attached hydrogens (primary N) is 1. The maximum Gasteiger partial charge on any atom is 0.228 e. The molecule has 20 heavy (non-hydrogen) atoms. The average Bonchev–Trinajstić information content (AvgIpc) is 2.89. The van der Waals surface area contributed by atoms with Crippen LogP contribution in [-0.4, -0.2) is 15.9 Å². The lowest BCUT2D eigenvalue weighted by atomic mass is 9.98. The molecule has 1 aromatic heterocycles. The van der Waals surface area contributed by atoms with Gasteiger partial charge in [0.25, 0.3) is 0 Å². The van der Waals surface area contributed by atoms with Crippen LogP contribution in [0.2, 0.25) is 0 Å². The molecule has 100 valence electrons. The normalized spacial score (nSPS) is 12.4. The molecule has 0 saturated heterocycles. The zero-order valence-electron chi connectivity index (χ0n) is 10.9. The number of carbonyl (C=O) groups excluding carboxylic acids is 1. The molecule has 0 aliphatic heterocycles. The number of H-pyrrole nitrogens is 1. The third-order valence-corrected chi connectivity index (χ3v) is 3.36. The molecule has 2 aromatic carbocycles. The lowest BCUT2D eigenvalue weighted by molar-refractivity contribution is -0.119. The van der Waals surface area contributed by atoms with Gasteiger partial charge in [-0.2, -0.15) is 0 Å². The number of para-hydroxylation sites is 2. The van der Waals surface area contributed by atoms with E-state index in [-0.39, 0.29) is 5.91 Å². The van der Waals surface area contributed by atoms with Crippen LogP contribution in [0.4, 0.5) is 0 Å². The summed E-state index contributed by atoms with van der Waals surface area (Å²) in [5.41, 5.74) is 8.37. The average molecular weight is 265 g/mol. The van der Waals surface area contributed by atoms with Crippen LogP contribution in [0, 0.1) is 0 Å². The van der Waals surface area contributed by atoms with Crippen molar-refractivity contribution < 1.29 is 4.79 Å². The molecule has 4 heteroatoms. The number of nitrogens with zero attached hydrogens (tertiary/aromatic N) is 1. The Morgan fingerprint density at radius 1 is 1.10 bits per heavy atom. The molecule has 3 rings (SSSR count). The first kappa shape index (κ1) is 12.4. The van der Waals surface area contributed by atoms with Crippen LogP contribution in [0.25, 0.3) is 11.0 Å². The highest BCUT2D eigenvalue weighted by molar-refractivity contribution is 5.83. The molecule has 1 amide bonds. The Morgan fingerprint density at radius 3 is 2.50 bits per heavy atom. The van der Waals surface area contributed by atoms with Crippen LogP contribution >= 0.6 is 0 Å². The van der Waals surface area contributed by atoms with Crippen LogP contribution in [-0.2, 0) is 11.2 Å². The van der Waals surface area contributed by atoms with Gasteiger partial charge >= 0.3 is 0 Å². The second kappa shape index (κ2) is 5.17. The molecular weight excluding hydrogens is 250 g/mol. The number of carbonyl (C=O) groups is 1. The molecule has 0 fully saturated rings. The highest BCUT2D eigenvalue weighted by Crippen LogP contribution is 2.21. The fraction of sp³-hybridized carbons (Fsp3) is 0.125. The second-order valence-corrected chi connectivity index (χ2v) is 4.78. The molecule has 4 nitrogen and oxygen atoms in total. The molecule has 0 saturated carbocycles. The minimum atomic E-state index is -0.440. The Labute approximate surface area is 116 Å². The number of benzene rings is 2. The SMILES string of the molecule is NC(=O)C(Cc1ccccc1)c1nc2ccccc2[nH]1. The van der Waals surface area contributed by atoms with E-state index in [2.05, 4.69) is 9.97 Å². The van der Waals surface area contributed by atoms with Crippen molar-refractivity contribution >= 4 is 16.9 Å². The third kappa shape index (κ3) is 2.40. The summed E-state index contributed by atoms with van der Waals surface area (Å²) in [5.74, 6) is -0.180. The molecule has 0 aliphatic rings. The predicted octanol–water partition coefficient (Wildman–Crippen LogP) is 2.37. The maximum atomic E-state index is 11.7. The quantitative estimate of drug-likeness (QED) is 0.760. The molecule has 0 radical (unpaired) electrons. The van der Waals surface area contributed by atoms with E-state index in [0.717, 1.165) is 16.6 Å². The summed E-state index contributed by atoms with van der Waals surface area (Å²) < 4.78 is 0. The van der Waals surface area contributed by atoms with Gasteiger partial charge in [-0.25, -0.2) is 4.98 Å². The number of imidazole rings is 1. The first-order chi connectivity index (χ1) is 9.74. The van der Waals surface area contributed by atoms with Crippen LogP contribution < -0.4 is 5.73 Å². The van der Waals surface area contributed by atoms with Crippen LogP contribution in [0.3, 0.4) is 0 Å². The number of aromatic amines is 1. The van der Waals surface area contributed by atoms with Gasteiger partial charge in [-0.1, -0.05) is 42.5 Å². The van der Waals surface area contributed by atoms with Gasteiger partial charge in [-0.15, -0.1) is 0 Å². The first-order valence-electron chi connectivity index (χ1n) is 6.52. The largest absolute Gasteiger partial charge is 0.369 e. The Kier molecular flexibility index (Phi) is 3.21. The number of rotatable bonds is 4. The van der Waals surface area contributed by atoms with E-state index in [4.69, 9.17) is 5.73 Å². The number of hydrogen-bond donors (Lipinski definition) is 2. The van der Waals surface area contributed by atoms with Gasteiger partial charge in [0.1, 0.15) is 5.82 Å². The molecule has 3 N–H and O–H groups in total. The van der Waals surface area contributed by atoms with Gasteiger partial charge in [0.2, 0.25) is 5.91 Å². The van der Waals surface area contributed by atoms with Crippen molar-refractivity contribution in [3.8, 4) is 0 Å². The smallest absolute Gasteiger partial charge is 0.228 e. The molecular formula is C16H15N3O. The van der Waals surface area contributed by atoms with Crippen molar-refractivity contribution in [1.82, 2.24) is 9.97 Å². The molecule has 1 atom stereocenters. The zero-order valence-corrected chi connectivity index (χ0v) is 10.9. The summed E-state index contributed by atoms with van der Waals surface area (Å²) in [5, 5.41) is 0. The minimum absolute atomic E-state index is 0.368. The van der Waals surface area contributed by atoms with Crippen LogP contribution in [0.5, 0.6) is 0 Å². The third-order valence-electron chi connectivity index (χ3n) is 3.36. The van der Waals surface area contributed by atoms with Crippen LogP contribution in [0.1, 0.15) is 17.3 Å². The molecule has 3 aromatic rings. The highest BCUT2D eigenvalue weighted by atomic mass is 16.1. The fourth-order valence-corrected chi connectivity index (χ4v) is 2.32. The first-order valence-corrected chi connectivity index (χ1v) is 6.52. The summed E-state index contributed by atoms with van der Waals surface area (Å²) in [6.45, 7) is 0. The van der Waals surface area contributed by atoms with E-state index in [1.807, 2.05) is 54.6 Å². The zero-order chi connectivity index (χ0) is 13.9. The minimum Gasteiger partial charge on any atom is -0.369 e. The lowest BCUT2D eigenvalue weighted by Gasteiger charge is -2.10. The van der Waals surface area contributed by atoms with Crippen molar-refractivity contribution in [2.24, 2.45) is 5.73 Å². The summed E-state index contributed by atoms with van der Waals surface area (Å²) >= 11 is 0. The highest BCUT2D eigenvalue weighted by Gasteiger charge is 2.21. The van der Waals surface area contributed by atoms with E-state index < -0.39 is 5.92 Å². The molecule has 0 spiro atoms. The van der Waals surface area contributed by atoms with Gasteiger partial charge in [-0.05, 0) is 24.1 Å². The van der Waals surface area contributed by atoms with Gasteiger partial charge in [0.05, 0.1) is 17.0 Å². The number of primary amides is 1. The number of hydrogen-bond acceptors (Lipinski definition) is 2. The number of aromatic nitrogens is 2. The van der Waals surface area contributed by atoms with Gasteiger partial charge in [0.15, 0.2) is 0 Å². The summed E-state index contributed by atoms with van der Waals surface area (Å²) in [4.78, 5) is 19.4. The number of amides is 1. The van der Waals surface area contributed by atoms with E-state index in [1.54, 1.807) is 0 Å². The Balaban J connectivity index is 1.96. The topological polar surface area (TPSA) is 71.8 Å². The Bertz CT molecular complexity index is 701. The van der Waals surface area contributed by atoms with Crippen molar-refractivity contribution in [2.75, 3.05) is 0 Å². The predicted molar refractivity (Wildman–Crippen MR) is 78.2 cm³/mol. The van der Waals surface area contributed by atoms with Crippen molar-refractivity contribution in [1.29, 1.82) is 0 Å². The fourth-order valence-electron chi connectivity index (χ4n) is 2.32. The molecule has 0 aliphatic carbocycles. The second-order valence-electron chi connectivity index (χ2n) is 4.78. The van der Waals surface area contributed by atoms with E-state index in [9.17, 15) is 4.79 Å². The number of fused-ring (bicyclic) bond motifs is 1. The van der Waals surface area contributed by atoms with E-state index in [1.165, 1.54) is 0 Å². The lowest BCUT2D eigenvalue weighted by Crippen LogP contribution is -2.24. The molecule has 0 bridgehead atoms. The summed E-state index contributed by atoms with van der Waals surface area (Å²) in [6.07, 6.45) is 0.552. The molecule has 1 unspecified atom stereocenters. The Morgan fingerprint density at radius 2 is 1.80 bits per heavy atom. The summed E-state index contributed by atoms with van der Waals surface area (Å²) in [7, 11) is 0. The monoisotopic (exact) mass is 265 g/mol. The van der Waals surface area contributed by atoms with Crippen molar-refractivity contribution in [3.05, 3.63) is 66.0 Å². The van der Waals surface area contributed by atoms with E-state index >= 15 is 0 Å². The summed E-state index contributed by atoms with van der Waals surface area (Å²) in [6, 6.07) is 17.5. The van der Waals surface area contributed by atoms with Crippen molar-refractivity contribution in [3.63, 3.8) is 0 Å². The van der Waals surface area contributed by atoms with Crippen LogP contribution in [0.15, 0.2) is 54.6 Å². The number of nitrogens with one attached hydrogen (secondary N) is 1. The Hall–Kier alpha value is -2.62. The van der Waals surface area contributed by atoms with Gasteiger partial charge in [0, 0.05) is 0 Å². The van der Waals surface area contributed by atoms with Gasteiger partial charge in [-0.3, -0.25) is 4.79 Å². The van der Waals surface area contributed by atoms with Crippen molar-refractivity contribution in [2.45, 2.75) is 12.3 Å². The molecule has 1 heterocycles. The standard InChI is InChI=1S/C16H15N3O/c17-15(20)12(10-11-6-2-1-3-7-11)16-18-13-8-4-5-9-14(13)19-16/h1-9,12H,10H2,(H2,17,20)(H,18,19). The maximum absolute atomic E-state index is 11.7.